The first-order valence-electron chi connectivity index (χ1n) is 6.00. The van der Waals surface area contributed by atoms with Gasteiger partial charge in [0.1, 0.15) is 16.0 Å². The highest BCUT2D eigenvalue weighted by Gasteiger charge is 2.10. The molecular weight excluding hydrogens is 295 g/mol. The first-order valence-corrected chi connectivity index (χ1v) is 6.75. The maximum Gasteiger partial charge on any atom is 0.118 e. The summed E-state index contributed by atoms with van der Waals surface area (Å²) >= 11 is 12.1. The molecule has 0 saturated carbocycles. The topological polar surface area (TPSA) is 18.5 Å². The van der Waals surface area contributed by atoms with E-state index in [0.717, 1.165) is 28.2 Å². The molecule has 0 atom stereocenters. The van der Waals surface area contributed by atoms with Crippen LogP contribution in [0.4, 0.5) is 0 Å². The van der Waals surface area contributed by atoms with Crippen LogP contribution < -0.4 is 9.47 Å². The second-order valence-corrected chi connectivity index (χ2v) is 5.04. The molecular formula is C16H14Cl2O2. The van der Waals surface area contributed by atoms with E-state index in [9.17, 15) is 0 Å². The Hall–Kier alpha value is -1.64. The molecule has 0 spiro atoms. The first kappa shape index (κ1) is 14.8. The maximum atomic E-state index is 6.04. The molecule has 2 aromatic rings. The third-order valence-electron chi connectivity index (χ3n) is 2.95. The molecule has 0 amide bonds. The van der Waals surface area contributed by atoms with E-state index >= 15 is 0 Å². The summed E-state index contributed by atoms with van der Waals surface area (Å²) in [4.78, 5) is 0. The minimum atomic E-state index is 0.223. The normalized spacial score (nSPS) is 10.0. The standard InChI is InChI=1S/C16H14Cl2O2/c1-19-13-7-3-11(4-8-13)15(16(17)18)12-5-9-14(20-2)10-6-12/h3-10H,1-2H3. The second-order valence-electron chi connectivity index (χ2n) is 4.09. The second kappa shape index (κ2) is 6.69. The van der Waals surface area contributed by atoms with E-state index in [-0.39, 0.29) is 4.49 Å². The maximum absolute atomic E-state index is 6.04. The zero-order valence-electron chi connectivity index (χ0n) is 11.2. The molecule has 0 aliphatic carbocycles. The Morgan fingerprint density at radius 1 is 0.700 bits per heavy atom. The molecule has 0 aromatic heterocycles. The van der Waals surface area contributed by atoms with Crippen LogP contribution in [-0.2, 0) is 0 Å². The zero-order chi connectivity index (χ0) is 14.5. The minimum Gasteiger partial charge on any atom is -0.497 e. The van der Waals surface area contributed by atoms with Crippen molar-refractivity contribution in [1.29, 1.82) is 0 Å². The highest BCUT2D eigenvalue weighted by atomic mass is 35.5. The Morgan fingerprint density at radius 2 is 1.05 bits per heavy atom. The summed E-state index contributed by atoms with van der Waals surface area (Å²) in [6.45, 7) is 0. The van der Waals surface area contributed by atoms with Crippen LogP contribution in [0.1, 0.15) is 11.1 Å². The molecule has 0 fully saturated rings. The number of rotatable bonds is 4. The fourth-order valence-electron chi connectivity index (χ4n) is 1.90. The molecule has 0 aliphatic rings. The van der Waals surface area contributed by atoms with Crippen molar-refractivity contribution in [3.8, 4) is 11.5 Å². The van der Waals surface area contributed by atoms with Crippen LogP contribution in [0.5, 0.6) is 11.5 Å². The summed E-state index contributed by atoms with van der Waals surface area (Å²) < 4.78 is 10.5. The van der Waals surface area contributed by atoms with E-state index in [2.05, 4.69) is 0 Å². The van der Waals surface area contributed by atoms with Crippen molar-refractivity contribution in [2.75, 3.05) is 14.2 Å². The van der Waals surface area contributed by atoms with E-state index in [1.165, 1.54) is 0 Å². The predicted molar refractivity (Wildman–Crippen MR) is 83.7 cm³/mol. The van der Waals surface area contributed by atoms with Gasteiger partial charge in [0.25, 0.3) is 0 Å². The van der Waals surface area contributed by atoms with Crippen LogP contribution in [0.2, 0.25) is 0 Å². The van der Waals surface area contributed by atoms with Gasteiger partial charge in [-0.25, -0.2) is 0 Å². The van der Waals surface area contributed by atoms with Crippen LogP contribution >= 0.6 is 23.2 Å². The predicted octanol–water partition coefficient (Wildman–Crippen LogP) is 4.90. The van der Waals surface area contributed by atoms with Crippen LogP contribution in [0, 0.1) is 0 Å². The van der Waals surface area contributed by atoms with Gasteiger partial charge in [0.2, 0.25) is 0 Å². The van der Waals surface area contributed by atoms with Gasteiger partial charge in [-0.3, -0.25) is 0 Å². The SMILES string of the molecule is COc1ccc(C(=C(Cl)Cl)c2ccc(OC)cc2)cc1. The largest absolute Gasteiger partial charge is 0.497 e. The van der Waals surface area contributed by atoms with Crippen LogP contribution in [0.25, 0.3) is 5.57 Å². The number of ether oxygens (including phenoxy) is 2. The fourth-order valence-corrected chi connectivity index (χ4v) is 2.34. The molecule has 0 N–H and O–H groups in total. The molecule has 4 heteroatoms. The van der Waals surface area contributed by atoms with Gasteiger partial charge in [0.15, 0.2) is 0 Å². The van der Waals surface area contributed by atoms with E-state index in [1.807, 2.05) is 48.5 Å². The molecule has 2 rings (SSSR count). The number of hydrogen-bond acceptors (Lipinski definition) is 2. The Bertz CT molecular complexity index is 548. The smallest absolute Gasteiger partial charge is 0.118 e. The Kier molecular flexibility index (Phi) is 4.94. The molecule has 0 heterocycles. The van der Waals surface area contributed by atoms with E-state index in [4.69, 9.17) is 32.7 Å². The Morgan fingerprint density at radius 3 is 1.30 bits per heavy atom. The van der Waals surface area contributed by atoms with Crippen LogP contribution in [0.3, 0.4) is 0 Å². The van der Waals surface area contributed by atoms with E-state index < -0.39 is 0 Å². The molecule has 20 heavy (non-hydrogen) atoms. The Balaban J connectivity index is 2.42. The number of halogens is 2. The molecule has 0 radical (unpaired) electrons. The van der Waals surface area contributed by atoms with Crippen molar-refractivity contribution in [1.82, 2.24) is 0 Å². The van der Waals surface area contributed by atoms with E-state index in [0.29, 0.717) is 0 Å². The molecule has 2 nitrogen and oxygen atoms in total. The molecule has 2 aromatic carbocycles. The summed E-state index contributed by atoms with van der Waals surface area (Å²) in [7, 11) is 3.26. The lowest BCUT2D eigenvalue weighted by molar-refractivity contribution is 0.414. The average molecular weight is 309 g/mol. The van der Waals surface area contributed by atoms with Gasteiger partial charge in [0, 0.05) is 5.57 Å². The zero-order valence-corrected chi connectivity index (χ0v) is 12.7. The van der Waals surface area contributed by atoms with Crippen LogP contribution in [0.15, 0.2) is 53.0 Å². The molecule has 0 bridgehead atoms. The van der Waals surface area contributed by atoms with Gasteiger partial charge >= 0.3 is 0 Å². The van der Waals surface area contributed by atoms with Gasteiger partial charge in [-0.2, -0.15) is 0 Å². The highest BCUT2D eigenvalue weighted by molar-refractivity contribution is 6.59. The number of methoxy groups -OCH3 is 2. The van der Waals surface area contributed by atoms with Gasteiger partial charge in [-0.15, -0.1) is 0 Å². The third-order valence-corrected chi connectivity index (χ3v) is 3.32. The highest BCUT2D eigenvalue weighted by Crippen LogP contribution is 2.32. The van der Waals surface area contributed by atoms with Gasteiger partial charge in [-0.05, 0) is 35.4 Å². The van der Waals surface area contributed by atoms with Crippen molar-refractivity contribution < 1.29 is 9.47 Å². The number of benzene rings is 2. The molecule has 0 saturated heterocycles. The lowest BCUT2D eigenvalue weighted by Crippen LogP contribution is -1.91. The van der Waals surface area contributed by atoms with Crippen molar-refractivity contribution in [3.63, 3.8) is 0 Å². The summed E-state index contributed by atoms with van der Waals surface area (Å²) in [5.41, 5.74) is 2.63. The number of hydrogen-bond donors (Lipinski definition) is 0. The summed E-state index contributed by atoms with van der Waals surface area (Å²) in [5.74, 6) is 1.57. The van der Waals surface area contributed by atoms with Crippen molar-refractivity contribution in [2.45, 2.75) is 0 Å². The first-order chi connectivity index (χ1) is 9.65. The Labute approximate surface area is 128 Å². The summed E-state index contributed by atoms with van der Waals surface area (Å²) in [5, 5.41) is 0. The molecule has 0 unspecified atom stereocenters. The quantitative estimate of drug-likeness (QED) is 0.800. The lowest BCUT2D eigenvalue weighted by Gasteiger charge is -2.10. The average Bonchev–Trinajstić information content (AvgIpc) is 2.48. The van der Waals surface area contributed by atoms with Gasteiger partial charge < -0.3 is 9.47 Å². The molecule has 104 valence electrons. The summed E-state index contributed by atoms with van der Waals surface area (Å²) in [6, 6.07) is 15.2. The third kappa shape index (κ3) is 3.27. The van der Waals surface area contributed by atoms with Crippen molar-refractivity contribution in [3.05, 3.63) is 64.1 Å². The monoisotopic (exact) mass is 308 g/mol. The van der Waals surface area contributed by atoms with Crippen molar-refractivity contribution in [2.24, 2.45) is 0 Å². The fraction of sp³-hybridized carbons (Fsp3) is 0.125. The summed E-state index contributed by atoms with van der Waals surface area (Å²) in [6.07, 6.45) is 0. The lowest BCUT2D eigenvalue weighted by atomic mass is 9.99. The van der Waals surface area contributed by atoms with Gasteiger partial charge in [0.05, 0.1) is 14.2 Å². The van der Waals surface area contributed by atoms with Gasteiger partial charge in [-0.1, -0.05) is 47.5 Å². The van der Waals surface area contributed by atoms with E-state index in [1.54, 1.807) is 14.2 Å². The van der Waals surface area contributed by atoms with Crippen LogP contribution in [-0.4, -0.2) is 14.2 Å². The molecule has 0 aliphatic heterocycles. The van der Waals surface area contributed by atoms with Crippen molar-refractivity contribution >= 4 is 28.8 Å². The minimum absolute atomic E-state index is 0.223.